The molecule has 0 aromatic carbocycles. The summed E-state index contributed by atoms with van der Waals surface area (Å²) in [4.78, 5) is 18.2. The zero-order valence-corrected chi connectivity index (χ0v) is 10.7. The second kappa shape index (κ2) is 3.48. The van der Waals surface area contributed by atoms with Crippen molar-refractivity contribution in [1.29, 1.82) is 0 Å². The molecule has 0 saturated carbocycles. The topological polar surface area (TPSA) is 38.1 Å². The fraction of sp³-hybridized carbons (Fsp3) is 0.636. The molecule has 0 radical (unpaired) electrons. The van der Waals surface area contributed by atoms with Crippen molar-refractivity contribution in [3.05, 3.63) is 21.6 Å². The van der Waals surface area contributed by atoms with Gasteiger partial charge in [0.2, 0.25) is 5.95 Å². The molecule has 0 aliphatic carbocycles. The Morgan fingerprint density at radius 2 is 2.12 bits per heavy atom. The quantitative estimate of drug-likeness (QED) is 0.705. The molecule has 1 aliphatic heterocycles. The molecule has 0 spiro atoms. The highest BCUT2D eigenvalue weighted by atomic mass is 35.5. The minimum Gasteiger partial charge on any atom is -0.333 e. The molecule has 1 aromatic heterocycles. The van der Waals surface area contributed by atoms with E-state index in [0.29, 0.717) is 12.5 Å². The van der Waals surface area contributed by atoms with Crippen LogP contribution in [0.5, 0.6) is 0 Å². The molecule has 0 amide bonds. The predicted octanol–water partition coefficient (Wildman–Crippen LogP) is 1.90. The Kier molecular flexibility index (Phi) is 2.49. The minimum atomic E-state index is -0.0992. The summed E-state index contributed by atoms with van der Waals surface area (Å²) in [6.45, 7) is 9.04. The van der Waals surface area contributed by atoms with Gasteiger partial charge in [0.25, 0.3) is 5.56 Å². The van der Waals surface area contributed by atoms with E-state index >= 15 is 0 Å². The van der Waals surface area contributed by atoms with Gasteiger partial charge in [-0.1, -0.05) is 11.6 Å². The monoisotopic (exact) mass is 241 g/mol. The highest BCUT2D eigenvalue weighted by molar-refractivity contribution is 6.29. The van der Waals surface area contributed by atoms with Crippen LogP contribution in [0.15, 0.2) is 10.9 Å². The fourth-order valence-corrected chi connectivity index (χ4v) is 2.63. The van der Waals surface area contributed by atoms with Crippen molar-refractivity contribution in [2.24, 2.45) is 0 Å². The molecular formula is C11H16ClN3O. The summed E-state index contributed by atoms with van der Waals surface area (Å²) in [7, 11) is 0. The lowest BCUT2D eigenvalue weighted by atomic mass is 10.0. The van der Waals surface area contributed by atoms with E-state index in [4.69, 9.17) is 11.6 Å². The van der Waals surface area contributed by atoms with Crippen LogP contribution in [0.25, 0.3) is 0 Å². The molecule has 0 atom stereocenters. The van der Waals surface area contributed by atoms with E-state index in [1.807, 2.05) is 0 Å². The van der Waals surface area contributed by atoms with Crippen LogP contribution in [0.3, 0.4) is 0 Å². The van der Waals surface area contributed by atoms with Crippen molar-refractivity contribution in [3.8, 4) is 0 Å². The van der Waals surface area contributed by atoms with Gasteiger partial charge in [0.05, 0.1) is 12.1 Å². The molecule has 0 bridgehead atoms. The van der Waals surface area contributed by atoms with Crippen LogP contribution in [0, 0.1) is 0 Å². The molecule has 0 saturated heterocycles. The summed E-state index contributed by atoms with van der Waals surface area (Å²) in [5, 5.41) is 0.264. The molecule has 5 heteroatoms. The maximum Gasteiger partial charge on any atom is 0.256 e. The Bertz CT molecular complexity index is 479. The summed E-state index contributed by atoms with van der Waals surface area (Å²) in [5.41, 5.74) is -0.177. The number of nitrogens with zero attached hydrogens (tertiary/aromatic N) is 3. The van der Waals surface area contributed by atoms with Gasteiger partial charge in [-0.15, -0.1) is 0 Å². The first-order valence-electron chi connectivity index (χ1n) is 5.39. The summed E-state index contributed by atoms with van der Waals surface area (Å²) >= 11 is 5.84. The van der Waals surface area contributed by atoms with E-state index in [0.717, 1.165) is 0 Å². The van der Waals surface area contributed by atoms with Crippen molar-refractivity contribution in [2.75, 3.05) is 4.90 Å². The molecule has 2 heterocycles. The zero-order chi connectivity index (χ0) is 12.1. The number of hydrogen-bond donors (Lipinski definition) is 0. The lowest BCUT2D eigenvalue weighted by Gasteiger charge is -2.35. The number of fused-ring (bicyclic) bond motifs is 1. The highest BCUT2D eigenvalue weighted by Crippen LogP contribution is 2.32. The van der Waals surface area contributed by atoms with Crippen molar-refractivity contribution in [1.82, 2.24) is 9.55 Å². The Hall–Kier alpha value is -1.03. The Morgan fingerprint density at radius 3 is 2.69 bits per heavy atom. The minimum absolute atomic E-state index is 0.0776. The van der Waals surface area contributed by atoms with E-state index in [2.05, 4.69) is 37.6 Å². The van der Waals surface area contributed by atoms with Gasteiger partial charge in [0, 0.05) is 12.1 Å². The molecule has 16 heavy (non-hydrogen) atoms. The summed E-state index contributed by atoms with van der Waals surface area (Å²) < 4.78 is 1.69. The molecule has 0 N–H and O–H groups in total. The van der Waals surface area contributed by atoms with Crippen LogP contribution in [0.2, 0.25) is 5.15 Å². The normalized spacial score (nSPS) is 18.0. The Labute approximate surface area is 99.9 Å². The van der Waals surface area contributed by atoms with Gasteiger partial charge in [-0.25, -0.2) is 4.98 Å². The van der Waals surface area contributed by atoms with Gasteiger partial charge in [-0.05, 0) is 27.7 Å². The number of hydrogen-bond acceptors (Lipinski definition) is 3. The van der Waals surface area contributed by atoms with Gasteiger partial charge < -0.3 is 4.90 Å². The maximum absolute atomic E-state index is 11.8. The van der Waals surface area contributed by atoms with E-state index in [1.165, 1.54) is 6.07 Å². The van der Waals surface area contributed by atoms with Crippen LogP contribution in [0.1, 0.15) is 27.7 Å². The second-order valence-corrected chi connectivity index (χ2v) is 5.47. The van der Waals surface area contributed by atoms with Gasteiger partial charge in [-0.2, -0.15) is 0 Å². The van der Waals surface area contributed by atoms with Crippen molar-refractivity contribution in [3.63, 3.8) is 0 Å². The first-order valence-corrected chi connectivity index (χ1v) is 5.77. The first-order chi connectivity index (χ1) is 7.33. The van der Waals surface area contributed by atoms with Gasteiger partial charge in [0.1, 0.15) is 5.15 Å². The maximum atomic E-state index is 11.8. The number of halogens is 1. The van der Waals surface area contributed by atoms with Gasteiger partial charge in [0.15, 0.2) is 0 Å². The first kappa shape index (κ1) is 11.5. The zero-order valence-electron chi connectivity index (χ0n) is 9.99. The molecule has 1 aromatic rings. The molecule has 88 valence electrons. The summed E-state index contributed by atoms with van der Waals surface area (Å²) in [6, 6.07) is 1.65. The average Bonchev–Trinajstić information content (AvgIpc) is 2.35. The third kappa shape index (κ3) is 1.61. The Morgan fingerprint density at radius 1 is 1.50 bits per heavy atom. The molecule has 1 aliphatic rings. The molecule has 0 fully saturated rings. The van der Waals surface area contributed by atoms with E-state index < -0.39 is 0 Å². The fourth-order valence-electron chi connectivity index (χ4n) is 2.46. The van der Waals surface area contributed by atoms with Gasteiger partial charge in [-0.3, -0.25) is 9.36 Å². The summed E-state index contributed by atoms with van der Waals surface area (Å²) in [5.74, 6) is 0.678. The predicted molar refractivity (Wildman–Crippen MR) is 65.2 cm³/mol. The standard InChI is InChI=1S/C11H16ClN3O/c1-7(2)15-10-13-8(12)5-9(16)14(10)6-11(15,3)4/h5,7H,6H2,1-4H3. The average molecular weight is 242 g/mol. The van der Waals surface area contributed by atoms with Crippen molar-refractivity contribution >= 4 is 17.5 Å². The SMILES string of the molecule is CC(C)N1c2nc(Cl)cc(=O)n2CC1(C)C. The third-order valence-corrected chi connectivity index (χ3v) is 3.08. The van der Waals surface area contributed by atoms with Crippen molar-refractivity contribution < 1.29 is 0 Å². The highest BCUT2D eigenvalue weighted by Gasteiger charge is 2.39. The summed E-state index contributed by atoms with van der Waals surface area (Å²) in [6.07, 6.45) is 0. The lowest BCUT2D eigenvalue weighted by Crippen LogP contribution is -2.45. The number of rotatable bonds is 1. The molecule has 0 unspecified atom stereocenters. The van der Waals surface area contributed by atoms with Gasteiger partial charge >= 0.3 is 0 Å². The van der Waals surface area contributed by atoms with Crippen molar-refractivity contribution in [2.45, 2.75) is 45.8 Å². The number of anilines is 1. The third-order valence-electron chi connectivity index (χ3n) is 2.89. The lowest BCUT2D eigenvalue weighted by molar-refractivity contribution is 0.425. The molecule has 4 nitrogen and oxygen atoms in total. The smallest absolute Gasteiger partial charge is 0.256 e. The molecule has 2 rings (SSSR count). The largest absolute Gasteiger partial charge is 0.333 e. The van der Waals surface area contributed by atoms with Crippen LogP contribution in [-0.2, 0) is 6.54 Å². The second-order valence-electron chi connectivity index (χ2n) is 5.08. The van der Waals surface area contributed by atoms with Crippen LogP contribution < -0.4 is 10.5 Å². The van der Waals surface area contributed by atoms with E-state index in [-0.39, 0.29) is 22.3 Å². The Balaban J connectivity index is 2.64. The molecular weight excluding hydrogens is 226 g/mol. The van der Waals surface area contributed by atoms with Crippen LogP contribution >= 0.6 is 11.6 Å². The van der Waals surface area contributed by atoms with Crippen LogP contribution in [0.4, 0.5) is 5.95 Å². The van der Waals surface area contributed by atoms with E-state index in [9.17, 15) is 4.79 Å². The van der Waals surface area contributed by atoms with E-state index in [1.54, 1.807) is 4.57 Å². The number of aromatic nitrogens is 2. The van der Waals surface area contributed by atoms with Crippen LogP contribution in [-0.4, -0.2) is 21.1 Å².